The van der Waals surface area contributed by atoms with Gasteiger partial charge < -0.3 is 15.7 Å². The monoisotopic (exact) mass is 276 g/mol. The Morgan fingerprint density at radius 3 is 2.85 bits per heavy atom. The van der Waals surface area contributed by atoms with Gasteiger partial charge in [0.15, 0.2) is 0 Å². The molecule has 1 amide bonds. The number of hydrogen-bond acceptors (Lipinski definition) is 3. The number of nitrogen functional groups attached to an aromatic ring is 1. The summed E-state index contributed by atoms with van der Waals surface area (Å²) in [6, 6.07) is 6.74. The predicted molar refractivity (Wildman–Crippen MR) is 76.1 cm³/mol. The number of nitrogens with two attached hydrogens (primary N) is 1. The van der Waals surface area contributed by atoms with Crippen molar-refractivity contribution in [3.05, 3.63) is 29.8 Å². The molecule has 1 saturated heterocycles. The molecule has 2 rings (SSSR count). The first-order valence-corrected chi connectivity index (χ1v) is 6.85. The molecule has 1 fully saturated rings. The highest BCUT2D eigenvalue weighted by atomic mass is 16.4. The van der Waals surface area contributed by atoms with Crippen molar-refractivity contribution in [2.45, 2.75) is 32.2 Å². The fraction of sp³-hybridized carbons (Fsp3) is 0.467. The first-order valence-electron chi connectivity index (χ1n) is 6.85. The zero-order valence-corrected chi connectivity index (χ0v) is 11.6. The van der Waals surface area contributed by atoms with Gasteiger partial charge in [-0.3, -0.25) is 4.79 Å². The maximum absolute atomic E-state index is 12.2. The van der Waals surface area contributed by atoms with Gasteiger partial charge in [0, 0.05) is 18.7 Å². The molecule has 5 nitrogen and oxygen atoms in total. The number of carbonyl (C=O) groups is 2. The molecular formula is C15H20N2O3. The lowest BCUT2D eigenvalue weighted by molar-refractivity contribution is -0.149. The lowest BCUT2D eigenvalue weighted by Gasteiger charge is -2.23. The number of aryl methyl sites for hydroxylation is 1. The largest absolute Gasteiger partial charge is 0.480 e. The van der Waals surface area contributed by atoms with Crippen LogP contribution in [0.4, 0.5) is 5.69 Å². The highest BCUT2D eigenvalue weighted by Crippen LogP contribution is 2.25. The van der Waals surface area contributed by atoms with Crippen molar-refractivity contribution >= 4 is 17.6 Å². The van der Waals surface area contributed by atoms with E-state index in [4.69, 9.17) is 5.73 Å². The lowest BCUT2D eigenvalue weighted by atomic mass is 10.0. The van der Waals surface area contributed by atoms with Crippen LogP contribution in [-0.4, -0.2) is 34.5 Å². The fourth-order valence-corrected chi connectivity index (χ4v) is 2.75. The summed E-state index contributed by atoms with van der Waals surface area (Å²) in [4.78, 5) is 24.9. The molecule has 1 aromatic carbocycles. The van der Waals surface area contributed by atoms with Crippen LogP contribution >= 0.6 is 0 Å². The Hall–Kier alpha value is -2.04. The first kappa shape index (κ1) is 14.4. The molecule has 0 saturated carbocycles. The minimum Gasteiger partial charge on any atom is -0.480 e. The van der Waals surface area contributed by atoms with Crippen LogP contribution in [0.15, 0.2) is 24.3 Å². The number of carboxylic acid groups (broad SMARTS) is 1. The topological polar surface area (TPSA) is 83.6 Å². The van der Waals surface area contributed by atoms with Gasteiger partial charge in [-0.2, -0.15) is 0 Å². The summed E-state index contributed by atoms with van der Waals surface area (Å²) in [5, 5.41) is 9.21. The van der Waals surface area contributed by atoms with Crippen LogP contribution < -0.4 is 5.73 Å². The number of hydrogen-bond donors (Lipinski definition) is 2. The molecule has 2 atom stereocenters. The molecule has 108 valence electrons. The van der Waals surface area contributed by atoms with Gasteiger partial charge in [-0.1, -0.05) is 19.1 Å². The van der Waals surface area contributed by atoms with Crippen molar-refractivity contribution < 1.29 is 14.7 Å². The highest BCUT2D eigenvalue weighted by molar-refractivity contribution is 5.84. The van der Waals surface area contributed by atoms with Crippen LogP contribution in [0.25, 0.3) is 0 Å². The molecule has 0 radical (unpaired) electrons. The Balaban J connectivity index is 1.96. The summed E-state index contributed by atoms with van der Waals surface area (Å²) in [6.07, 6.45) is 1.65. The zero-order chi connectivity index (χ0) is 14.7. The highest BCUT2D eigenvalue weighted by Gasteiger charge is 2.38. The molecule has 0 aliphatic carbocycles. The molecule has 0 aromatic heterocycles. The zero-order valence-electron chi connectivity index (χ0n) is 11.6. The third-order valence-electron chi connectivity index (χ3n) is 3.85. The molecular weight excluding hydrogens is 256 g/mol. The van der Waals surface area contributed by atoms with Crippen LogP contribution in [0.2, 0.25) is 0 Å². The van der Waals surface area contributed by atoms with E-state index < -0.39 is 12.0 Å². The van der Waals surface area contributed by atoms with Crippen molar-refractivity contribution in [2.75, 3.05) is 12.3 Å². The van der Waals surface area contributed by atoms with Crippen LogP contribution in [0.3, 0.4) is 0 Å². The van der Waals surface area contributed by atoms with E-state index in [1.807, 2.05) is 25.1 Å². The Morgan fingerprint density at radius 2 is 2.20 bits per heavy atom. The third-order valence-corrected chi connectivity index (χ3v) is 3.85. The summed E-state index contributed by atoms with van der Waals surface area (Å²) < 4.78 is 0. The Kier molecular flexibility index (Phi) is 4.27. The predicted octanol–water partition coefficient (Wildman–Crippen LogP) is 1.52. The number of carboxylic acids is 1. The Bertz CT molecular complexity index is 516. The second-order valence-corrected chi connectivity index (χ2v) is 5.38. The van der Waals surface area contributed by atoms with Crippen LogP contribution in [0, 0.1) is 5.92 Å². The summed E-state index contributed by atoms with van der Waals surface area (Å²) in [7, 11) is 0. The van der Waals surface area contributed by atoms with E-state index in [1.54, 1.807) is 6.07 Å². The van der Waals surface area contributed by atoms with E-state index in [-0.39, 0.29) is 11.8 Å². The van der Waals surface area contributed by atoms with E-state index in [0.717, 1.165) is 12.0 Å². The molecule has 1 aliphatic rings. The molecule has 1 heterocycles. The van der Waals surface area contributed by atoms with E-state index >= 15 is 0 Å². The third kappa shape index (κ3) is 3.10. The number of anilines is 1. The number of benzene rings is 1. The summed E-state index contributed by atoms with van der Waals surface area (Å²) >= 11 is 0. The van der Waals surface area contributed by atoms with Crippen LogP contribution in [0.5, 0.6) is 0 Å². The van der Waals surface area contributed by atoms with Crippen molar-refractivity contribution in [2.24, 2.45) is 5.92 Å². The average molecular weight is 276 g/mol. The maximum atomic E-state index is 12.2. The van der Waals surface area contributed by atoms with Crippen molar-refractivity contribution in [3.8, 4) is 0 Å². The standard InChI is InChI=1S/C15H20N2O3/c1-10-7-8-17(14(10)15(19)20)13(18)6-5-11-3-2-4-12(16)9-11/h2-4,9-10,14H,5-8,16H2,1H3,(H,19,20). The van der Waals surface area contributed by atoms with E-state index in [0.29, 0.717) is 25.1 Å². The molecule has 2 unspecified atom stereocenters. The summed E-state index contributed by atoms with van der Waals surface area (Å²) in [5.74, 6) is -0.986. The quantitative estimate of drug-likeness (QED) is 0.817. The van der Waals surface area contributed by atoms with E-state index in [1.165, 1.54) is 4.90 Å². The van der Waals surface area contributed by atoms with Crippen LogP contribution in [-0.2, 0) is 16.0 Å². The van der Waals surface area contributed by atoms with Gasteiger partial charge in [-0.05, 0) is 36.5 Å². The second-order valence-electron chi connectivity index (χ2n) is 5.38. The summed E-state index contributed by atoms with van der Waals surface area (Å²) in [5.41, 5.74) is 7.37. The number of carbonyl (C=O) groups excluding carboxylic acids is 1. The second kappa shape index (κ2) is 5.94. The lowest BCUT2D eigenvalue weighted by Crippen LogP contribution is -2.42. The first-order chi connectivity index (χ1) is 9.49. The maximum Gasteiger partial charge on any atom is 0.326 e. The van der Waals surface area contributed by atoms with Gasteiger partial charge in [0.1, 0.15) is 6.04 Å². The van der Waals surface area contributed by atoms with Gasteiger partial charge >= 0.3 is 5.97 Å². The molecule has 0 bridgehead atoms. The van der Waals surface area contributed by atoms with Gasteiger partial charge in [0.25, 0.3) is 0 Å². The smallest absolute Gasteiger partial charge is 0.326 e. The van der Waals surface area contributed by atoms with Gasteiger partial charge in [-0.25, -0.2) is 4.79 Å². The molecule has 3 N–H and O–H groups in total. The van der Waals surface area contributed by atoms with Crippen LogP contribution in [0.1, 0.15) is 25.3 Å². The minimum atomic E-state index is -0.910. The fourth-order valence-electron chi connectivity index (χ4n) is 2.75. The van der Waals surface area contributed by atoms with E-state index in [9.17, 15) is 14.7 Å². The van der Waals surface area contributed by atoms with Crippen molar-refractivity contribution in [1.29, 1.82) is 0 Å². The number of nitrogens with zero attached hydrogens (tertiary/aromatic N) is 1. The molecule has 0 spiro atoms. The Labute approximate surface area is 118 Å². The molecule has 5 heteroatoms. The van der Waals surface area contributed by atoms with Crippen molar-refractivity contribution in [1.82, 2.24) is 4.90 Å². The Morgan fingerprint density at radius 1 is 1.45 bits per heavy atom. The SMILES string of the molecule is CC1CCN(C(=O)CCc2cccc(N)c2)C1C(=O)O. The molecule has 20 heavy (non-hydrogen) atoms. The van der Waals surface area contributed by atoms with Gasteiger partial charge in [0.05, 0.1) is 0 Å². The average Bonchev–Trinajstić information content (AvgIpc) is 2.78. The number of amides is 1. The molecule has 1 aromatic rings. The van der Waals surface area contributed by atoms with Gasteiger partial charge in [0.2, 0.25) is 5.91 Å². The number of aliphatic carboxylic acids is 1. The summed E-state index contributed by atoms with van der Waals surface area (Å²) in [6.45, 7) is 2.41. The van der Waals surface area contributed by atoms with Gasteiger partial charge in [-0.15, -0.1) is 0 Å². The number of rotatable bonds is 4. The number of likely N-dealkylation sites (tertiary alicyclic amines) is 1. The minimum absolute atomic E-state index is 0.0174. The normalized spacial score (nSPS) is 21.9. The van der Waals surface area contributed by atoms with E-state index in [2.05, 4.69) is 0 Å². The van der Waals surface area contributed by atoms with Crippen molar-refractivity contribution in [3.63, 3.8) is 0 Å². The molecule has 1 aliphatic heterocycles.